The van der Waals surface area contributed by atoms with Gasteiger partial charge in [-0.3, -0.25) is 9.69 Å². The van der Waals surface area contributed by atoms with Gasteiger partial charge >= 0.3 is 0 Å². The number of likely N-dealkylation sites (N-methyl/N-ethyl adjacent to an activating group) is 1. The van der Waals surface area contributed by atoms with Crippen molar-refractivity contribution in [3.8, 4) is 0 Å². The average molecular weight is 312 g/mol. The molecule has 0 aliphatic heterocycles. The Morgan fingerprint density at radius 2 is 1.95 bits per heavy atom. The number of nitrogens with one attached hydrogen (secondary N) is 1. The molecule has 0 radical (unpaired) electrons. The van der Waals surface area contributed by atoms with E-state index in [-0.39, 0.29) is 18.0 Å². The number of hydrogen-bond acceptors (Lipinski definition) is 3. The first kappa shape index (κ1) is 18.0. The number of carbonyl (C=O) groups excluding carboxylic acids is 1. The van der Waals surface area contributed by atoms with Gasteiger partial charge in [-0.15, -0.1) is 0 Å². The van der Waals surface area contributed by atoms with Gasteiger partial charge in [-0.2, -0.15) is 0 Å². The van der Waals surface area contributed by atoms with Crippen LogP contribution in [-0.2, 0) is 4.79 Å². The molecule has 1 aromatic rings. The van der Waals surface area contributed by atoms with Crippen molar-refractivity contribution >= 4 is 17.5 Å². The van der Waals surface area contributed by atoms with Crippen molar-refractivity contribution in [1.82, 2.24) is 10.2 Å². The van der Waals surface area contributed by atoms with E-state index in [1.54, 1.807) is 0 Å². The summed E-state index contributed by atoms with van der Waals surface area (Å²) in [6.07, 6.45) is 0.341. The average Bonchev–Trinajstić information content (AvgIpc) is 2.43. The van der Waals surface area contributed by atoms with Gasteiger partial charge < -0.3 is 11.1 Å². The Morgan fingerprint density at radius 1 is 1.33 bits per heavy atom. The summed E-state index contributed by atoms with van der Waals surface area (Å²) < 4.78 is 0. The van der Waals surface area contributed by atoms with Crippen molar-refractivity contribution in [3.05, 3.63) is 34.9 Å². The van der Waals surface area contributed by atoms with Crippen molar-refractivity contribution < 1.29 is 4.79 Å². The number of carbonyl (C=O) groups is 1. The van der Waals surface area contributed by atoms with Gasteiger partial charge in [-0.25, -0.2) is 0 Å². The van der Waals surface area contributed by atoms with Gasteiger partial charge in [-0.05, 0) is 31.6 Å². The van der Waals surface area contributed by atoms with Crippen LogP contribution in [0.4, 0.5) is 0 Å². The van der Waals surface area contributed by atoms with Crippen LogP contribution in [0.3, 0.4) is 0 Å². The van der Waals surface area contributed by atoms with Gasteiger partial charge in [0, 0.05) is 24.0 Å². The summed E-state index contributed by atoms with van der Waals surface area (Å²) in [7, 11) is 0. The van der Waals surface area contributed by atoms with E-state index in [0.29, 0.717) is 13.0 Å². The molecule has 0 bridgehead atoms. The van der Waals surface area contributed by atoms with Gasteiger partial charge in [0.1, 0.15) is 0 Å². The van der Waals surface area contributed by atoms with Gasteiger partial charge in [0.2, 0.25) is 5.91 Å². The van der Waals surface area contributed by atoms with E-state index >= 15 is 0 Å². The lowest BCUT2D eigenvalue weighted by atomic mass is 10.0. The highest BCUT2D eigenvalue weighted by Gasteiger charge is 2.21. The van der Waals surface area contributed by atoms with Crippen molar-refractivity contribution in [2.75, 3.05) is 19.6 Å². The molecule has 0 aromatic heterocycles. The van der Waals surface area contributed by atoms with Crippen LogP contribution in [-0.4, -0.2) is 36.5 Å². The summed E-state index contributed by atoms with van der Waals surface area (Å²) >= 11 is 6.32. The maximum absolute atomic E-state index is 11.8. The second kappa shape index (κ2) is 9.03. The maximum atomic E-state index is 11.8. The smallest absolute Gasteiger partial charge is 0.221 e. The Hall–Kier alpha value is -1.10. The minimum atomic E-state index is -0.128. The van der Waals surface area contributed by atoms with Gasteiger partial charge in [0.15, 0.2) is 0 Å². The monoisotopic (exact) mass is 311 g/mol. The normalized spacial score (nSPS) is 14.0. The molecule has 1 amide bonds. The van der Waals surface area contributed by atoms with Gasteiger partial charge in [-0.1, -0.05) is 43.6 Å². The second-order valence-corrected chi connectivity index (χ2v) is 5.65. The summed E-state index contributed by atoms with van der Waals surface area (Å²) in [4.78, 5) is 14.1. The molecule has 0 saturated heterocycles. The summed E-state index contributed by atoms with van der Waals surface area (Å²) in [5, 5.41) is 3.70. The molecule has 2 atom stereocenters. The highest BCUT2D eigenvalue weighted by molar-refractivity contribution is 6.31. The highest BCUT2D eigenvalue weighted by Crippen LogP contribution is 2.26. The van der Waals surface area contributed by atoms with E-state index in [2.05, 4.69) is 24.1 Å². The van der Waals surface area contributed by atoms with Gasteiger partial charge in [0.25, 0.3) is 0 Å². The van der Waals surface area contributed by atoms with Crippen LogP contribution in [0.25, 0.3) is 0 Å². The van der Waals surface area contributed by atoms with Gasteiger partial charge in [0.05, 0.1) is 6.04 Å². The molecular formula is C16H26ClN3O. The van der Waals surface area contributed by atoms with Crippen LogP contribution >= 0.6 is 11.6 Å². The molecule has 0 fully saturated rings. The van der Waals surface area contributed by atoms with Crippen LogP contribution in [0, 0.1) is 0 Å². The largest absolute Gasteiger partial charge is 0.354 e. The lowest BCUT2D eigenvalue weighted by Gasteiger charge is -2.31. The number of hydrogen-bond donors (Lipinski definition) is 2. The number of nitrogens with zero attached hydrogens (tertiary/aromatic N) is 1. The second-order valence-electron chi connectivity index (χ2n) is 5.24. The Labute approximate surface area is 132 Å². The number of halogens is 1. The minimum Gasteiger partial charge on any atom is -0.354 e. The van der Waals surface area contributed by atoms with Crippen LogP contribution in [0.2, 0.25) is 5.02 Å². The van der Waals surface area contributed by atoms with E-state index in [9.17, 15) is 4.79 Å². The molecule has 1 aromatic carbocycles. The number of amides is 1. The Morgan fingerprint density at radius 3 is 2.48 bits per heavy atom. The molecule has 0 aliphatic rings. The standard InChI is InChI=1S/C16H26ClN3O/c1-4-20(5-2)15(11-19-16(21)10-12(3)18)13-8-6-7-9-14(13)17/h6-9,12,15H,4-5,10-11,18H2,1-3H3,(H,19,21). The van der Waals surface area contributed by atoms with Crippen LogP contribution in [0.1, 0.15) is 38.8 Å². The van der Waals surface area contributed by atoms with Crippen molar-refractivity contribution in [1.29, 1.82) is 0 Å². The summed E-state index contributed by atoms with van der Waals surface area (Å²) in [6, 6.07) is 7.74. The maximum Gasteiger partial charge on any atom is 0.221 e. The molecule has 1 rings (SSSR count). The molecule has 0 spiro atoms. The Balaban J connectivity index is 2.84. The third-order valence-corrected chi connectivity index (χ3v) is 3.86. The first-order chi connectivity index (χ1) is 9.99. The molecule has 21 heavy (non-hydrogen) atoms. The third kappa shape index (κ3) is 5.65. The van der Waals surface area contributed by atoms with E-state index in [1.807, 2.05) is 31.2 Å². The van der Waals surface area contributed by atoms with E-state index in [0.717, 1.165) is 23.7 Å². The van der Waals surface area contributed by atoms with E-state index < -0.39 is 0 Å². The zero-order valence-electron chi connectivity index (χ0n) is 13.1. The van der Waals surface area contributed by atoms with Crippen molar-refractivity contribution in [2.45, 2.75) is 39.3 Å². The fraction of sp³-hybridized carbons (Fsp3) is 0.562. The topological polar surface area (TPSA) is 58.4 Å². The first-order valence-electron chi connectivity index (χ1n) is 7.50. The zero-order chi connectivity index (χ0) is 15.8. The van der Waals surface area contributed by atoms with E-state index in [1.165, 1.54) is 0 Å². The molecular weight excluding hydrogens is 286 g/mol. The molecule has 2 unspecified atom stereocenters. The van der Waals surface area contributed by atoms with Crippen molar-refractivity contribution in [3.63, 3.8) is 0 Å². The van der Waals surface area contributed by atoms with E-state index in [4.69, 9.17) is 17.3 Å². The van der Waals surface area contributed by atoms with Crippen LogP contribution in [0.5, 0.6) is 0 Å². The predicted molar refractivity (Wildman–Crippen MR) is 88.4 cm³/mol. The first-order valence-corrected chi connectivity index (χ1v) is 7.88. The molecule has 0 aliphatic carbocycles. The lowest BCUT2D eigenvalue weighted by molar-refractivity contribution is -0.121. The SMILES string of the molecule is CCN(CC)C(CNC(=O)CC(C)N)c1ccccc1Cl. The lowest BCUT2D eigenvalue weighted by Crippen LogP contribution is -2.39. The molecule has 0 saturated carbocycles. The molecule has 4 nitrogen and oxygen atoms in total. The Bertz CT molecular complexity index is 447. The Kier molecular flexibility index (Phi) is 7.72. The summed E-state index contributed by atoms with van der Waals surface area (Å²) in [6.45, 7) is 8.38. The summed E-state index contributed by atoms with van der Waals surface area (Å²) in [5.74, 6) is -0.0193. The number of nitrogens with two attached hydrogens (primary N) is 1. The minimum absolute atomic E-state index is 0.0193. The number of rotatable bonds is 8. The highest BCUT2D eigenvalue weighted by atomic mass is 35.5. The van der Waals surface area contributed by atoms with Crippen LogP contribution in [0.15, 0.2) is 24.3 Å². The molecule has 5 heteroatoms. The zero-order valence-corrected chi connectivity index (χ0v) is 13.9. The summed E-state index contributed by atoms with van der Waals surface area (Å²) in [5.41, 5.74) is 6.70. The molecule has 0 heterocycles. The van der Waals surface area contributed by atoms with Crippen molar-refractivity contribution in [2.24, 2.45) is 5.73 Å². The third-order valence-electron chi connectivity index (χ3n) is 3.52. The predicted octanol–water partition coefficient (Wildman–Crippen LogP) is 2.58. The fourth-order valence-corrected chi connectivity index (χ4v) is 2.68. The quantitative estimate of drug-likeness (QED) is 0.776. The number of benzene rings is 1. The molecule has 118 valence electrons. The fourth-order valence-electron chi connectivity index (χ4n) is 2.42. The molecule has 3 N–H and O–H groups in total. The van der Waals surface area contributed by atoms with Crippen LogP contribution < -0.4 is 11.1 Å².